The highest BCUT2D eigenvalue weighted by Crippen LogP contribution is 2.29. The molecule has 2 heterocycles. The summed E-state index contributed by atoms with van der Waals surface area (Å²) in [5.74, 6) is 1.09. The molecule has 0 saturated carbocycles. The number of aryl methyl sites for hydroxylation is 1. The average molecular weight is 353 g/mol. The number of hydrogen-bond donors (Lipinski definition) is 0. The van der Waals surface area contributed by atoms with E-state index in [2.05, 4.69) is 88.0 Å². The fourth-order valence-corrected chi connectivity index (χ4v) is 3.36. The van der Waals surface area contributed by atoms with Gasteiger partial charge in [-0.05, 0) is 24.6 Å². The molecule has 0 radical (unpaired) electrons. The van der Waals surface area contributed by atoms with Crippen molar-refractivity contribution in [3.8, 4) is 0 Å². The van der Waals surface area contributed by atoms with Gasteiger partial charge in [-0.15, -0.1) is 0 Å². The third-order valence-corrected chi connectivity index (χ3v) is 4.79. The summed E-state index contributed by atoms with van der Waals surface area (Å²) in [6, 6.07) is 10.7. The predicted octanol–water partition coefficient (Wildman–Crippen LogP) is 5.29. The lowest BCUT2D eigenvalue weighted by Crippen LogP contribution is -2.20. The molecule has 140 valence electrons. The van der Waals surface area contributed by atoms with Crippen LogP contribution in [0.4, 0.5) is 0 Å². The number of hydrogen-bond acceptors (Lipinski definition) is 2. The van der Waals surface area contributed by atoms with E-state index in [1.165, 1.54) is 11.2 Å². The highest BCUT2D eigenvalue weighted by atomic mass is 15.3. The molecule has 26 heavy (non-hydrogen) atoms. The number of benzene rings is 1. The molecule has 0 amide bonds. The monoisotopic (exact) mass is 352 g/mol. The van der Waals surface area contributed by atoms with E-state index in [1.807, 2.05) is 0 Å². The Kier molecular flexibility index (Phi) is 4.72. The minimum Gasteiger partial charge on any atom is -0.326 e. The van der Waals surface area contributed by atoms with Crippen LogP contribution in [0.5, 0.6) is 0 Å². The largest absolute Gasteiger partial charge is 0.326 e. The molecule has 0 N–H and O–H groups in total. The fourth-order valence-electron chi connectivity index (χ4n) is 3.36. The van der Waals surface area contributed by atoms with Gasteiger partial charge in [-0.3, -0.25) is 4.68 Å². The summed E-state index contributed by atoms with van der Waals surface area (Å²) in [5, 5.41) is 4.98. The third-order valence-electron chi connectivity index (χ3n) is 4.79. The summed E-state index contributed by atoms with van der Waals surface area (Å²) in [7, 11) is 0. The lowest BCUT2D eigenvalue weighted by atomic mass is 9.88. The zero-order chi connectivity index (χ0) is 19.1. The fraction of sp³-hybridized carbons (Fsp3) is 0.545. The second-order valence-corrected chi connectivity index (χ2v) is 9.24. The summed E-state index contributed by atoms with van der Waals surface area (Å²) in [6.07, 6.45) is 1.09. The zero-order valence-electron chi connectivity index (χ0n) is 17.3. The number of fused-ring (bicyclic) bond motifs is 1. The Hall–Kier alpha value is -2.10. The van der Waals surface area contributed by atoms with Gasteiger partial charge in [0.1, 0.15) is 5.82 Å². The van der Waals surface area contributed by atoms with Crippen molar-refractivity contribution in [1.29, 1.82) is 0 Å². The SMILES string of the molecule is CCCn1c(Cn2nc(C(C)(C)C)cc2C(C)(C)C)nc2ccccc21. The van der Waals surface area contributed by atoms with Gasteiger partial charge in [0, 0.05) is 23.1 Å². The second-order valence-electron chi connectivity index (χ2n) is 9.24. The Labute approximate surface area is 157 Å². The quantitative estimate of drug-likeness (QED) is 0.640. The van der Waals surface area contributed by atoms with Gasteiger partial charge in [-0.1, -0.05) is 60.6 Å². The standard InChI is InChI=1S/C22H32N4/c1-8-13-25-17-12-10-9-11-16(17)23-20(25)15-26-19(22(5,6)7)14-18(24-26)21(2,3)4/h9-12,14H,8,13,15H2,1-7H3. The van der Waals surface area contributed by atoms with Crippen LogP contribution in [0.25, 0.3) is 11.0 Å². The topological polar surface area (TPSA) is 35.6 Å². The number of aromatic nitrogens is 4. The van der Waals surface area contributed by atoms with E-state index in [4.69, 9.17) is 10.1 Å². The molecule has 0 saturated heterocycles. The van der Waals surface area contributed by atoms with Gasteiger partial charge < -0.3 is 4.57 Å². The van der Waals surface area contributed by atoms with Crippen LogP contribution < -0.4 is 0 Å². The third kappa shape index (κ3) is 3.55. The first kappa shape index (κ1) is 18.7. The highest BCUT2D eigenvalue weighted by molar-refractivity contribution is 5.75. The van der Waals surface area contributed by atoms with Gasteiger partial charge in [-0.2, -0.15) is 5.10 Å². The summed E-state index contributed by atoms with van der Waals surface area (Å²) in [6.45, 7) is 17.3. The van der Waals surface area contributed by atoms with Gasteiger partial charge in [0.15, 0.2) is 0 Å². The molecule has 0 fully saturated rings. The van der Waals surface area contributed by atoms with Crippen LogP contribution in [0.2, 0.25) is 0 Å². The maximum Gasteiger partial charge on any atom is 0.131 e. The number of imidazole rings is 1. The Balaban J connectivity index is 2.10. The van der Waals surface area contributed by atoms with Crippen molar-refractivity contribution in [2.24, 2.45) is 0 Å². The van der Waals surface area contributed by atoms with Crippen LogP contribution in [-0.4, -0.2) is 19.3 Å². The summed E-state index contributed by atoms with van der Waals surface area (Å²) in [4.78, 5) is 4.92. The van der Waals surface area contributed by atoms with Crippen molar-refractivity contribution >= 4 is 11.0 Å². The molecule has 0 aliphatic heterocycles. The van der Waals surface area contributed by atoms with Crippen molar-refractivity contribution in [2.45, 2.75) is 78.8 Å². The Morgan fingerprint density at radius 1 is 0.962 bits per heavy atom. The summed E-state index contributed by atoms with van der Waals surface area (Å²) < 4.78 is 4.51. The van der Waals surface area contributed by atoms with Crippen LogP contribution in [0.1, 0.15) is 72.1 Å². The summed E-state index contributed by atoms with van der Waals surface area (Å²) >= 11 is 0. The first-order chi connectivity index (χ1) is 12.1. The normalized spacial score (nSPS) is 12.9. The molecule has 2 aromatic heterocycles. The van der Waals surface area contributed by atoms with E-state index in [0.29, 0.717) is 6.54 Å². The molecule has 1 aromatic carbocycles. The molecular formula is C22H32N4. The van der Waals surface area contributed by atoms with Gasteiger partial charge in [0.05, 0.1) is 23.3 Å². The van der Waals surface area contributed by atoms with Crippen molar-refractivity contribution in [1.82, 2.24) is 19.3 Å². The van der Waals surface area contributed by atoms with Crippen LogP contribution in [-0.2, 0) is 23.9 Å². The zero-order valence-corrected chi connectivity index (χ0v) is 17.3. The van der Waals surface area contributed by atoms with Gasteiger partial charge >= 0.3 is 0 Å². The maximum atomic E-state index is 4.98. The minimum absolute atomic E-state index is 0.0365. The molecule has 3 aromatic rings. The van der Waals surface area contributed by atoms with Gasteiger partial charge in [-0.25, -0.2) is 4.98 Å². The first-order valence-electron chi connectivity index (χ1n) is 9.64. The van der Waals surface area contributed by atoms with Crippen LogP contribution in [0.15, 0.2) is 30.3 Å². The van der Waals surface area contributed by atoms with Crippen molar-refractivity contribution in [3.63, 3.8) is 0 Å². The van der Waals surface area contributed by atoms with E-state index in [1.54, 1.807) is 0 Å². The smallest absolute Gasteiger partial charge is 0.131 e. The van der Waals surface area contributed by atoms with E-state index >= 15 is 0 Å². The predicted molar refractivity (Wildman–Crippen MR) is 109 cm³/mol. The molecule has 0 atom stereocenters. The minimum atomic E-state index is 0.0365. The molecule has 0 unspecified atom stereocenters. The second kappa shape index (κ2) is 6.57. The van der Waals surface area contributed by atoms with E-state index in [0.717, 1.165) is 30.0 Å². The molecule has 3 rings (SSSR count). The molecule has 0 spiro atoms. The molecule has 4 heteroatoms. The molecule has 0 bridgehead atoms. The van der Waals surface area contributed by atoms with Crippen molar-refractivity contribution in [2.75, 3.05) is 0 Å². The molecule has 0 aliphatic rings. The van der Waals surface area contributed by atoms with Crippen molar-refractivity contribution < 1.29 is 0 Å². The summed E-state index contributed by atoms with van der Waals surface area (Å²) in [5.41, 5.74) is 4.76. The van der Waals surface area contributed by atoms with E-state index in [9.17, 15) is 0 Å². The van der Waals surface area contributed by atoms with Crippen LogP contribution in [0.3, 0.4) is 0 Å². The van der Waals surface area contributed by atoms with E-state index in [-0.39, 0.29) is 10.8 Å². The Bertz CT molecular complexity index is 900. The first-order valence-corrected chi connectivity index (χ1v) is 9.64. The Morgan fingerprint density at radius 3 is 2.27 bits per heavy atom. The van der Waals surface area contributed by atoms with E-state index < -0.39 is 0 Å². The average Bonchev–Trinajstić information content (AvgIpc) is 3.10. The van der Waals surface area contributed by atoms with Gasteiger partial charge in [0.2, 0.25) is 0 Å². The number of rotatable bonds is 4. The van der Waals surface area contributed by atoms with Crippen LogP contribution in [0, 0.1) is 0 Å². The maximum absolute atomic E-state index is 4.98. The molecular weight excluding hydrogens is 320 g/mol. The highest BCUT2D eigenvalue weighted by Gasteiger charge is 2.26. The molecule has 4 nitrogen and oxygen atoms in total. The van der Waals surface area contributed by atoms with Crippen LogP contribution >= 0.6 is 0 Å². The number of para-hydroxylation sites is 2. The molecule has 0 aliphatic carbocycles. The van der Waals surface area contributed by atoms with Gasteiger partial charge in [0.25, 0.3) is 0 Å². The lowest BCUT2D eigenvalue weighted by Gasteiger charge is -2.20. The lowest BCUT2D eigenvalue weighted by molar-refractivity contribution is 0.482. The Morgan fingerprint density at radius 2 is 1.65 bits per heavy atom. The number of nitrogens with zero attached hydrogens (tertiary/aromatic N) is 4. The van der Waals surface area contributed by atoms with Crippen molar-refractivity contribution in [3.05, 3.63) is 47.5 Å².